The lowest BCUT2D eigenvalue weighted by atomic mass is 9.95. The number of ether oxygens (including phenoxy) is 1. The average Bonchev–Trinajstić information content (AvgIpc) is 2.58. The topological polar surface area (TPSA) is 65.0 Å². The highest BCUT2D eigenvalue weighted by Crippen LogP contribution is 2.18. The van der Waals surface area contributed by atoms with E-state index in [1.807, 2.05) is 30.3 Å². The Morgan fingerprint density at radius 3 is 2.57 bits per heavy atom. The first-order chi connectivity index (χ1) is 11.3. The molecule has 1 aromatic carbocycles. The van der Waals surface area contributed by atoms with Crippen LogP contribution < -0.4 is 5.32 Å². The van der Waals surface area contributed by atoms with Gasteiger partial charge in [-0.2, -0.15) is 0 Å². The van der Waals surface area contributed by atoms with E-state index in [-0.39, 0.29) is 12.7 Å². The van der Waals surface area contributed by atoms with Crippen molar-refractivity contribution in [2.45, 2.75) is 25.1 Å². The van der Waals surface area contributed by atoms with Gasteiger partial charge >= 0.3 is 6.09 Å². The van der Waals surface area contributed by atoms with Crippen LogP contribution in [-0.4, -0.2) is 72.4 Å². The zero-order chi connectivity index (χ0) is 16.1. The van der Waals surface area contributed by atoms with E-state index in [1.54, 1.807) is 4.90 Å². The van der Waals surface area contributed by atoms with E-state index < -0.39 is 0 Å². The lowest BCUT2D eigenvalue weighted by Gasteiger charge is -2.48. The van der Waals surface area contributed by atoms with Gasteiger partial charge in [-0.25, -0.2) is 4.79 Å². The van der Waals surface area contributed by atoms with Crippen molar-refractivity contribution < 1.29 is 14.6 Å². The molecule has 0 aliphatic carbocycles. The number of carbonyl (C=O) groups is 1. The number of aliphatic hydroxyl groups excluding tert-OH is 1. The molecule has 126 valence electrons. The average molecular weight is 319 g/mol. The lowest BCUT2D eigenvalue weighted by molar-refractivity contribution is 0.0283. The first-order valence-corrected chi connectivity index (χ1v) is 8.32. The van der Waals surface area contributed by atoms with E-state index in [0.717, 1.165) is 31.6 Å². The SMILES string of the molecule is O=C(OCc1ccccc1)N1CCN([C@@H]2CN[C@H]2CCO)CC1. The number of amides is 1. The number of hydrogen-bond donors (Lipinski definition) is 2. The molecular formula is C17H25N3O3. The number of piperazine rings is 1. The molecule has 0 unspecified atom stereocenters. The second-order valence-electron chi connectivity index (χ2n) is 6.16. The molecule has 2 aliphatic rings. The molecule has 0 spiro atoms. The van der Waals surface area contributed by atoms with Gasteiger partial charge in [0.15, 0.2) is 0 Å². The predicted molar refractivity (Wildman–Crippen MR) is 87.1 cm³/mol. The normalized spacial score (nSPS) is 25.0. The Morgan fingerprint density at radius 2 is 1.96 bits per heavy atom. The molecule has 0 aromatic heterocycles. The van der Waals surface area contributed by atoms with Crippen LogP contribution in [0, 0.1) is 0 Å². The van der Waals surface area contributed by atoms with Gasteiger partial charge in [-0.15, -0.1) is 0 Å². The van der Waals surface area contributed by atoms with E-state index in [9.17, 15) is 4.79 Å². The third kappa shape index (κ3) is 4.02. The molecule has 6 heteroatoms. The minimum atomic E-state index is -0.229. The smallest absolute Gasteiger partial charge is 0.410 e. The zero-order valence-corrected chi connectivity index (χ0v) is 13.4. The van der Waals surface area contributed by atoms with E-state index in [4.69, 9.17) is 9.84 Å². The number of rotatable bonds is 5. The lowest BCUT2D eigenvalue weighted by Crippen LogP contribution is -2.67. The summed E-state index contributed by atoms with van der Waals surface area (Å²) >= 11 is 0. The minimum absolute atomic E-state index is 0.222. The molecule has 3 rings (SSSR count). The molecule has 2 fully saturated rings. The maximum atomic E-state index is 12.1. The standard InChI is InChI=1S/C17H25N3O3/c21-11-6-15-16(12-18-15)19-7-9-20(10-8-19)17(22)23-13-14-4-2-1-3-5-14/h1-5,15-16,18,21H,6-13H2/t15-,16+/m0/s1. The Balaban J connectivity index is 1.41. The maximum absolute atomic E-state index is 12.1. The minimum Gasteiger partial charge on any atom is -0.445 e. The van der Waals surface area contributed by atoms with Crippen molar-refractivity contribution >= 4 is 6.09 Å². The molecule has 23 heavy (non-hydrogen) atoms. The van der Waals surface area contributed by atoms with E-state index >= 15 is 0 Å². The van der Waals surface area contributed by atoms with E-state index in [2.05, 4.69) is 10.2 Å². The number of carbonyl (C=O) groups excluding carboxylic acids is 1. The molecule has 2 saturated heterocycles. The highest BCUT2D eigenvalue weighted by Gasteiger charge is 2.36. The predicted octanol–water partition coefficient (Wildman–Crippen LogP) is 0.664. The van der Waals surface area contributed by atoms with Crippen LogP contribution >= 0.6 is 0 Å². The van der Waals surface area contributed by atoms with Crippen molar-refractivity contribution in [1.29, 1.82) is 0 Å². The van der Waals surface area contributed by atoms with Gasteiger partial charge in [-0.3, -0.25) is 4.90 Å². The number of nitrogens with zero attached hydrogens (tertiary/aromatic N) is 2. The molecule has 0 radical (unpaired) electrons. The Hall–Kier alpha value is -1.63. The zero-order valence-electron chi connectivity index (χ0n) is 13.4. The summed E-state index contributed by atoms with van der Waals surface area (Å²) < 4.78 is 5.39. The summed E-state index contributed by atoms with van der Waals surface area (Å²) in [6.45, 7) is 4.67. The number of nitrogens with one attached hydrogen (secondary N) is 1. The molecule has 6 nitrogen and oxygen atoms in total. The van der Waals surface area contributed by atoms with Crippen molar-refractivity contribution in [1.82, 2.24) is 15.1 Å². The van der Waals surface area contributed by atoms with Crippen LogP contribution in [-0.2, 0) is 11.3 Å². The van der Waals surface area contributed by atoms with Crippen LogP contribution in [0.4, 0.5) is 4.79 Å². The molecular weight excluding hydrogens is 294 g/mol. The first kappa shape index (κ1) is 16.2. The molecule has 1 aromatic rings. The quantitative estimate of drug-likeness (QED) is 0.835. The fourth-order valence-electron chi connectivity index (χ4n) is 3.25. The fourth-order valence-corrected chi connectivity index (χ4v) is 3.25. The molecule has 2 atom stereocenters. The summed E-state index contributed by atoms with van der Waals surface area (Å²) in [5, 5.41) is 12.4. The van der Waals surface area contributed by atoms with E-state index in [0.29, 0.717) is 31.8 Å². The third-order valence-electron chi connectivity index (χ3n) is 4.74. The number of hydrogen-bond acceptors (Lipinski definition) is 5. The monoisotopic (exact) mass is 319 g/mol. The van der Waals surface area contributed by atoms with Crippen LogP contribution in [0.25, 0.3) is 0 Å². The largest absolute Gasteiger partial charge is 0.445 e. The summed E-state index contributed by atoms with van der Waals surface area (Å²) in [4.78, 5) is 16.3. The fraction of sp³-hybridized carbons (Fsp3) is 0.588. The molecule has 0 saturated carbocycles. The number of aliphatic hydroxyl groups is 1. The Labute approximate surface area is 137 Å². The van der Waals surface area contributed by atoms with Crippen molar-refractivity contribution in [2.24, 2.45) is 0 Å². The molecule has 1 amide bonds. The highest BCUT2D eigenvalue weighted by molar-refractivity contribution is 5.67. The van der Waals surface area contributed by atoms with Crippen molar-refractivity contribution in [3.05, 3.63) is 35.9 Å². The van der Waals surface area contributed by atoms with Crippen LogP contribution in [0.15, 0.2) is 30.3 Å². The summed E-state index contributed by atoms with van der Waals surface area (Å²) in [5.74, 6) is 0. The molecule has 0 bridgehead atoms. The van der Waals surface area contributed by atoms with Gasteiger partial charge in [0.1, 0.15) is 6.61 Å². The van der Waals surface area contributed by atoms with Gasteiger partial charge in [0.25, 0.3) is 0 Å². The Kier molecular flexibility index (Phi) is 5.48. The van der Waals surface area contributed by atoms with Gasteiger partial charge in [0, 0.05) is 51.4 Å². The Morgan fingerprint density at radius 1 is 1.22 bits per heavy atom. The van der Waals surface area contributed by atoms with Gasteiger partial charge in [0.05, 0.1) is 0 Å². The molecule has 2 N–H and O–H groups in total. The van der Waals surface area contributed by atoms with Crippen LogP contribution in [0.2, 0.25) is 0 Å². The van der Waals surface area contributed by atoms with Gasteiger partial charge < -0.3 is 20.1 Å². The second-order valence-corrected chi connectivity index (χ2v) is 6.16. The van der Waals surface area contributed by atoms with Gasteiger partial charge in [0.2, 0.25) is 0 Å². The van der Waals surface area contributed by atoms with Gasteiger partial charge in [-0.1, -0.05) is 30.3 Å². The summed E-state index contributed by atoms with van der Waals surface area (Å²) in [5.41, 5.74) is 1.01. The highest BCUT2D eigenvalue weighted by atomic mass is 16.6. The molecule has 2 heterocycles. The van der Waals surface area contributed by atoms with Crippen LogP contribution in [0.3, 0.4) is 0 Å². The van der Waals surface area contributed by atoms with Crippen molar-refractivity contribution in [2.75, 3.05) is 39.3 Å². The summed E-state index contributed by atoms with van der Waals surface area (Å²) in [6, 6.07) is 10.6. The van der Waals surface area contributed by atoms with Gasteiger partial charge in [-0.05, 0) is 12.0 Å². The first-order valence-electron chi connectivity index (χ1n) is 8.32. The third-order valence-corrected chi connectivity index (χ3v) is 4.74. The van der Waals surface area contributed by atoms with Crippen molar-refractivity contribution in [3.8, 4) is 0 Å². The Bertz CT molecular complexity index is 503. The maximum Gasteiger partial charge on any atom is 0.410 e. The number of benzene rings is 1. The van der Waals surface area contributed by atoms with Crippen LogP contribution in [0.5, 0.6) is 0 Å². The van der Waals surface area contributed by atoms with Crippen LogP contribution in [0.1, 0.15) is 12.0 Å². The summed E-state index contributed by atoms with van der Waals surface area (Å²) in [6.07, 6.45) is 0.566. The van der Waals surface area contributed by atoms with Crippen molar-refractivity contribution in [3.63, 3.8) is 0 Å². The second kappa shape index (κ2) is 7.77. The van der Waals surface area contributed by atoms with E-state index in [1.165, 1.54) is 0 Å². The summed E-state index contributed by atoms with van der Waals surface area (Å²) in [7, 11) is 0. The molecule has 2 aliphatic heterocycles.